The van der Waals surface area contributed by atoms with E-state index in [0.29, 0.717) is 47.0 Å². The number of nitrogens with zero attached hydrogens (tertiary/aromatic N) is 2. The monoisotopic (exact) mass is 377 g/mol. The van der Waals surface area contributed by atoms with E-state index in [2.05, 4.69) is 36.1 Å². The van der Waals surface area contributed by atoms with Crippen molar-refractivity contribution >= 4 is 27.4 Å². The number of pyridine rings is 1. The number of ether oxygens (including phenoxy) is 1. The van der Waals surface area contributed by atoms with Crippen molar-refractivity contribution in [3.8, 4) is 0 Å². The van der Waals surface area contributed by atoms with Gasteiger partial charge in [-0.3, -0.25) is 0 Å². The van der Waals surface area contributed by atoms with Gasteiger partial charge in [-0.05, 0) is 65.7 Å². The SMILES string of the molecule is Cc1nc(NCC2CCC(OC(F)F)CC2)c(Br)cc1N=O. The number of hydrogen-bond acceptors (Lipinski definition) is 5. The molecule has 1 aliphatic rings. The average Bonchev–Trinajstić information content (AvgIpc) is 2.48. The number of alkyl halides is 2. The summed E-state index contributed by atoms with van der Waals surface area (Å²) in [4.78, 5) is 14.9. The molecule has 1 fully saturated rings. The van der Waals surface area contributed by atoms with Gasteiger partial charge < -0.3 is 10.1 Å². The lowest BCUT2D eigenvalue weighted by Gasteiger charge is -2.28. The zero-order valence-electron chi connectivity index (χ0n) is 12.2. The van der Waals surface area contributed by atoms with Gasteiger partial charge in [0.15, 0.2) is 0 Å². The maximum Gasteiger partial charge on any atom is 0.345 e. The number of rotatable bonds is 6. The summed E-state index contributed by atoms with van der Waals surface area (Å²) in [5, 5.41) is 6.15. The molecule has 8 heteroatoms. The van der Waals surface area contributed by atoms with E-state index in [4.69, 9.17) is 0 Å². The highest BCUT2D eigenvalue weighted by Gasteiger charge is 2.24. The summed E-state index contributed by atoms with van der Waals surface area (Å²) in [5.41, 5.74) is 0.872. The molecule has 1 N–H and O–H groups in total. The Kier molecular flexibility index (Phi) is 6.19. The van der Waals surface area contributed by atoms with Gasteiger partial charge >= 0.3 is 6.61 Å². The molecular formula is C14H18BrF2N3O2. The van der Waals surface area contributed by atoms with Gasteiger partial charge in [-0.2, -0.15) is 8.78 Å². The second-order valence-corrected chi connectivity index (χ2v) is 6.29. The Balaban J connectivity index is 1.84. The van der Waals surface area contributed by atoms with Gasteiger partial charge in [-0.1, -0.05) is 0 Å². The number of aromatic nitrogens is 1. The van der Waals surface area contributed by atoms with E-state index >= 15 is 0 Å². The molecule has 0 aromatic carbocycles. The minimum atomic E-state index is -2.69. The molecule has 1 aromatic heterocycles. The van der Waals surface area contributed by atoms with Crippen molar-refractivity contribution in [3.63, 3.8) is 0 Å². The molecule has 1 saturated carbocycles. The van der Waals surface area contributed by atoms with Crippen LogP contribution in [0.3, 0.4) is 0 Å². The van der Waals surface area contributed by atoms with Crippen LogP contribution in [-0.4, -0.2) is 24.2 Å². The quantitative estimate of drug-likeness (QED) is 0.725. The van der Waals surface area contributed by atoms with E-state index in [-0.39, 0.29) is 6.10 Å². The molecule has 0 unspecified atom stereocenters. The number of halogens is 3. The Morgan fingerprint density at radius 3 is 2.73 bits per heavy atom. The molecule has 0 aliphatic heterocycles. The molecule has 0 amide bonds. The molecule has 1 heterocycles. The maximum absolute atomic E-state index is 12.2. The van der Waals surface area contributed by atoms with Crippen LogP contribution in [0.5, 0.6) is 0 Å². The highest BCUT2D eigenvalue weighted by Crippen LogP contribution is 2.30. The second-order valence-electron chi connectivity index (χ2n) is 5.43. The predicted octanol–water partition coefficient (Wildman–Crippen LogP) is 4.76. The Bertz CT molecular complexity index is 523. The summed E-state index contributed by atoms with van der Waals surface area (Å²) in [6.45, 7) is -0.255. The zero-order chi connectivity index (χ0) is 16.1. The van der Waals surface area contributed by atoms with Crippen LogP contribution in [0.15, 0.2) is 15.7 Å². The fourth-order valence-corrected chi connectivity index (χ4v) is 3.09. The Labute approximate surface area is 135 Å². The van der Waals surface area contributed by atoms with Crippen molar-refractivity contribution in [1.82, 2.24) is 4.98 Å². The molecule has 0 radical (unpaired) electrons. The van der Waals surface area contributed by atoms with E-state index in [0.717, 1.165) is 12.8 Å². The first-order valence-corrected chi connectivity index (χ1v) is 7.97. The van der Waals surface area contributed by atoms with Gasteiger partial charge in [-0.25, -0.2) is 4.98 Å². The van der Waals surface area contributed by atoms with Crippen LogP contribution in [0.4, 0.5) is 20.3 Å². The maximum atomic E-state index is 12.2. The number of anilines is 1. The van der Waals surface area contributed by atoms with Crippen LogP contribution in [-0.2, 0) is 4.74 Å². The Hall–Kier alpha value is -1.15. The lowest BCUT2D eigenvalue weighted by Crippen LogP contribution is -2.27. The van der Waals surface area contributed by atoms with Crippen LogP contribution in [0, 0.1) is 17.7 Å². The molecule has 22 heavy (non-hydrogen) atoms. The van der Waals surface area contributed by atoms with Crippen molar-refractivity contribution in [2.45, 2.75) is 45.3 Å². The first-order chi connectivity index (χ1) is 10.5. The van der Waals surface area contributed by atoms with Gasteiger partial charge in [0.1, 0.15) is 11.5 Å². The normalized spacial score (nSPS) is 21.9. The van der Waals surface area contributed by atoms with Crippen molar-refractivity contribution in [2.75, 3.05) is 11.9 Å². The minimum absolute atomic E-state index is 0.307. The van der Waals surface area contributed by atoms with Crippen LogP contribution in [0.25, 0.3) is 0 Å². The molecule has 122 valence electrons. The number of nitroso groups, excluding NO2 is 1. The zero-order valence-corrected chi connectivity index (χ0v) is 13.8. The summed E-state index contributed by atoms with van der Waals surface area (Å²) < 4.78 is 29.5. The Morgan fingerprint density at radius 1 is 1.45 bits per heavy atom. The predicted molar refractivity (Wildman–Crippen MR) is 83.5 cm³/mol. The van der Waals surface area contributed by atoms with E-state index < -0.39 is 6.61 Å². The summed E-state index contributed by atoms with van der Waals surface area (Å²) in [6.07, 6.45) is 2.65. The van der Waals surface area contributed by atoms with Gasteiger partial charge in [0.25, 0.3) is 0 Å². The van der Waals surface area contributed by atoms with E-state index in [1.807, 2.05) is 0 Å². The van der Waals surface area contributed by atoms with Gasteiger partial charge in [0, 0.05) is 6.54 Å². The van der Waals surface area contributed by atoms with E-state index in [1.165, 1.54) is 0 Å². The lowest BCUT2D eigenvalue weighted by molar-refractivity contribution is -0.171. The molecule has 0 saturated heterocycles. The third-order valence-electron chi connectivity index (χ3n) is 3.89. The van der Waals surface area contributed by atoms with Crippen LogP contribution in [0.2, 0.25) is 0 Å². The molecule has 1 aromatic rings. The molecule has 0 atom stereocenters. The van der Waals surface area contributed by atoms with Gasteiger partial charge in [0.2, 0.25) is 0 Å². The molecule has 5 nitrogen and oxygen atoms in total. The van der Waals surface area contributed by atoms with Crippen LogP contribution >= 0.6 is 15.9 Å². The summed E-state index contributed by atoms with van der Waals surface area (Å²) >= 11 is 3.36. The van der Waals surface area contributed by atoms with Crippen molar-refractivity contribution in [3.05, 3.63) is 21.1 Å². The fourth-order valence-electron chi connectivity index (χ4n) is 2.65. The topological polar surface area (TPSA) is 63.6 Å². The van der Waals surface area contributed by atoms with Crippen molar-refractivity contribution in [2.24, 2.45) is 11.1 Å². The molecule has 1 aliphatic carbocycles. The smallest absolute Gasteiger partial charge is 0.345 e. The number of nitrogens with one attached hydrogen (secondary N) is 1. The highest BCUT2D eigenvalue weighted by atomic mass is 79.9. The van der Waals surface area contributed by atoms with Gasteiger partial charge in [0.05, 0.1) is 16.3 Å². The summed E-state index contributed by atoms with van der Waals surface area (Å²) in [5.74, 6) is 1.06. The fraction of sp³-hybridized carbons (Fsp3) is 0.643. The largest absolute Gasteiger partial charge is 0.369 e. The minimum Gasteiger partial charge on any atom is -0.369 e. The van der Waals surface area contributed by atoms with E-state index in [1.54, 1.807) is 13.0 Å². The highest BCUT2D eigenvalue weighted by molar-refractivity contribution is 9.10. The second kappa shape index (κ2) is 7.92. The first kappa shape index (κ1) is 17.2. The van der Waals surface area contributed by atoms with Crippen LogP contribution in [0.1, 0.15) is 31.4 Å². The lowest BCUT2D eigenvalue weighted by atomic mass is 9.87. The first-order valence-electron chi connectivity index (χ1n) is 7.17. The summed E-state index contributed by atoms with van der Waals surface area (Å²) in [7, 11) is 0. The number of aryl methyl sites for hydroxylation is 1. The van der Waals surface area contributed by atoms with E-state index in [9.17, 15) is 13.7 Å². The molecule has 0 bridgehead atoms. The molecule has 0 spiro atoms. The Morgan fingerprint density at radius 2 is 2.14 bits per heavy atom. The van der Waals surface area contributed by atoms with Crippen molar-refractivity contribution < 1.29 is 13.5 Å². The molecular weight excluding hydrogens is 360 g/mol. The van der Waals surface area contributed by atoms with Crippen LogP contribution < -0.4 is 5.32 Å². The summed E-state index contributed by atoms with van der Waals surface area (Å²) in [6, 6.07) is 1.63. The number of hydrogen-bond donors (Lipinski definition) is 1. The van der Waals surface area contributed by atoms with Crippen molar-refractivity contribution in [1.29, 1.82) is 0 Å². The molecule has 2 rings (SSSR count). The third-order valence-corrected chi connectivity index (χ3v) is 4.49. The third kappa shape index (κ3) is 4.67. The van der Waals surface area contributed by atoms with Gasteiger partial charge in [-0.15, -0.1) is 4.91 Å². The average molecular weight is 378 g/mol. The standard InChI is InChI=1S/C14H18BrF2N3O2/c1-8-12(20-21)6-11(15)13(19-8)18-7-9-2-4-10(5-3-9)22-14(16)17/h6,9-10,14H,2-5,7H2,1H3,(H,18,19).